The number of hydrogen-bond acceptors (Lipinski definition) is 3. The zero-order valence-corrected chi connectivity index (χ0v) is 16.0. The molecule has 0 unspecified atom stereocenters. The Hall–Kier alpha value is -2.77. The van der Waals surface area contributed by atoms with Crippen LogP contribution in [-0.4, -0.2) is 37.8 Å². The first-order valence-corrected chi connectivity index (χ1v) is 9.62. The molecule has 5 nitrogen and oxygen atoms in total. The smallest absolute Gasteiger partial charge is 0.170 e. The average molecular weight is 396 g/mol. The zero-order chi connectivity index (χ0) is 19.5. The van der Waals surface area contributed by atoms with E-state index in [1.54, 1.807) is 18.3 Å². The molecule has 1 aromatic carbocycles. The van der Waals surface area contributed by atoms with E-state index >= 15 is 0 Å². The predicted molar refractivity (Wildman–Crippen MR) is 110 cm³/mol. The van der Waals surface area contributed by atoms with Gasteiger partial charge in [0.1, 0.15) is 5.82 Å². The summed E-state index contributed by atoms with van der Waals surface area (Å²) in [5, 5.41) is 13.4. The van der Waals surface area contributed by atoms with Crippen molar-refractivity contribution in [2.45, 2.75) is 18.5 Å². The highest BCUT2D eigenvalue weighted by atomic mass is 32.1. The normalized spacial score (nSPS) is 19.1. The van der Waals surface area contributed by atoms with E-state index in [2.05, 4.69) is 15.2 Å². The van der Waals surface area contributed by atoms with E-state index in [-0.39, 0.29) is 24.5 Å². The van der Waals surface area contributed by atoms with Crippen LogP contribution in [0.25, 0.3) is 5.69 Å². The fraction of sp³-hybridized carbons (Fsp3) is 0.238. The Morgan fingerprint density at radius 1 is 1.11 bits per heavy atom. The summed E-state index contributed by atoms with van der Waals surface area (Å²) in [5.41, 5.74) is 2.79. The summed E-state index contributed by atoms with van der Waals surface area (Å²) in [6.07, 6.45) is 4.35. The van der Waals surface area contributed by atoms with Crippen molar-refractivity contribution in [2.24, 2.45) is 0 Å². The van der Waals surface area contributed by atoms with E-state index in [0.29, 0.717) is 18.1 Å². The summed E-state index contributed by atoms with van der Waals surface area (Å²) >= 11 is 5.61. The molecular formula is C21H21FN4OS. The molecule has 1 aliphatic rings. The number of pyridine rings is 1. The van der Waals surface area contributed by atoms with E-state index in [1.165, 1.54) is 12.1 Å². The minimum atomic E-state index is -0.267. The van der Waals surface area contributed by atoms with Crippen molar-refractivity contribution < 1.29 is 9.50 Å². The van der Waals surface area contributed by atoms with E-state index in [1.807, 2.05) is 41.1 Å². The lowest BCUT2D eigenvalue weighted by Gasteiger charge is -2.28. The Labute approximate surface area is 168 Å². The summed E-state index contributed by atoms with van der Waals surface area (Å²) in [7, 11) is 0. The Kier molecular flexibility index (Phi) is 5.36. The summed E-state index contributed by atoms with van der Waals surface area (Å²) in [6.45, 7) is 0.726. The molecule has 1 saturated heterocycles. The van der Waals surface area contributed by atoms with Gasteiger partial charge in [-0.2, -0.15) is 0 Å². The van der Waals surface area contributed by atoms with Crippen LogP contribution >= 0.6 is 12.2 Å². The molecule has 1 aliphatic heterocycles. The number of halogens is 1. The molecule has 0 spiro atoms. The summed E-state index contributed by atoms with van der Waals surface area (Å²) in [4.78, 5) is 6.62. The van der Waals surface area contributed by atoms with Crippen molar-refractivity contribution in [2.75, 3.05) is 13.2 Å². The monoisotopic (exact) mass is 396 g/mol. The minimum absolute atomic E-state index is 0.0963. The maximum atomic E-state index is 13.4. The van der Waals surface area contributed by atoms with Gasteiger partial charge in [-0.15, -0.1) is 0 Å². The lowest BCUT2D eigenvalue weighted by molar-refractivity contribution is 0.245. The number of nitrogens with one attached hydrogen (secondary N) is 1. The highest BCUT2D eigenvalue weighted by molar-refractivity contribution is 7.80. The molecule has 144 valence electrons. The number of nitrogens with zero attached hydrogens (tertiary/aromatic N) is 3. The van der Waals surface area contributed by atoms with Crippen LogP contribution in [0.2, 0.25) is 0 Å². The van der Waals surface area contributed by atoms with Crippen LogP contribution < -0.4 is 5.32 Å². The Morgan fingerprint density at radius 2 is 1.93 bits per heavy atom. The van der Waals surface area contributed by atoms with Gasteiger partial charge in [-0.25, -0.2) is 4.39 Å². The van der Waals surface area contributed by atoms with Gasteiger partial charge in [0.15, 0.2) is 5.11 Å². The van der Waals surface area contributed by atoms with Gasteiger partial charge in [0.25, 0.3) is 0 Å². The molecule has 0 aliphatic carbocycles. The van der Waals surface area contributed by atoms with Crippen molar-refractivity contribution >= 4 is 17.3 Å². The van der Waals surface area contributed by atoms with Crippen molar-refractivity contribution in [3.63, 3.8) is 0 Å². The third kappa shape index (κ3) is 3.50. The fourth-order valence-electron chi connectivity index (χ4n) is 3.68. The second kappa shape index (κ2) is 8.08. The molecule has 2 N–H and O–H groups in total. The highest BCUT2D eigenvalue weighted by Crippen LogP contribution is 2.39. The predicted octanol–water partition coefficient (Wildman–Crippen LogP) is 3.37. The molecule has 0 saturated carbocycles. The minimum Gasteiger partial charge on any atom is -0.396 e. The van der Waals surface area contributed by atoms with Gasteiger partial charge in [0, 0.05) is 36.9 Å². The maximum absolute atomic E-state index is 13.4. The summed E-state index contributed by atoms with van der Waals surface area (Å²) in [6, 6.07) is 16.0. The highest BCUT2D eigenvalue weighted by Gasteiger charge is 2.40. The van der Waals surface area contributed by atoms with E-state index < -0.39 is 0 Å². The molecule has 28 heavy (non-hydrogen) atoms. The van der Waals surface area contributed by atoms with Crippen LogP contribution in [0.4, 0.5) is 4.39 Å². The lowest BCUT2D eigenvalue weighted by Crippen LogP contribution is -2.31. The topological polar surface area (TPSA) is 53.3 Å². The van der Waals surface area contributed by atoms with Gasteiger partial charge >= 0.3 is 0 Å². The molecule has 0 radical (unpaired) electrons. The van der Waals surface area contributed by atoms with Gasteiger partial charge in [0.2, 0.25) is 0 Å². The lowest BCUT2D eigenvalue weighted by atomic mass is 10.0. The number of hydrogen-bond donors (Lipinski definition) is 2. The van der Waals surface area contributed by atoms with Crippen molar-refractivity contribution in [3.8, 4) is 5.69 Å². The third-order valence-corrected chi connectivity index (χ3v) is 5.30. The molecular weight excluding hydrogens is 375 g/mol. The van der Waals surface area contributed by atoms with Crippen LogP contribution in [0.3, 0.4) is 0 Å². The quantitative estimate of drug-likeness (QED) is 0.626. The second-order valence-corrected chi connectivity index (χ2v) is 7.06. The number of aliphatic hydroxyl groups excluding tert-OH is 1. The standard InChI is InChI=1S/C21H21FN4OS/c22-15-7-9-16(10-8-15)25-12-3-6-18(25)20-19(17-5-1-2-11-23-17)24-21(28)26(20)13-4-14-27/h1-3,5-12,19-20,27H,4,13-14H2,(H,24,28)/t19-,20+/m1/s1. The van der Waals surface area contributed by atoms with Crippen molar-refractivity contribution in [1.82, 2.24) is 19.8 Å². The van der Waals surface area contributed by atoms with Crippen LogP contribution in [0.1, 0.15) is 29.9 Å². The third-order valence-electron chi connectivity index (χ3n) is 4.94. The largest absolute Gasteiger partial charge is 0.396 e. The number of aromatic nitrogens is 2. The number of benzene rings is 1. The summed E-state index contributed by atoms with van der Waals surface area (Å²) < 4.78 is 15.4. The first kappa shape index (κ1) is 18.6. The van der Waals surface area contributed by atoms with Crippen molar-refractivity contribution in [3.05, 3.63) is 84.2 Å². The average Bonchev–Trinajstić information content (AvgIpc) is 3.32. The Bertz CT molecular complexity index is 945. The number of thiocarbonyl (C=S) groups is 1. The van der Waals surface area contributed by atoms with E-state index in [9.17, 15) is 9.50 Å². The molecule has 3 aromatic rings. The molecule has 0 amide bonds. The van der Waals surface area contributed by atoms with Gasteiger partial charge in [-0.3, -0.25) is 4.98 Å². The Balaban J connectivity index is 1.78. The first-order chi connectivity index (χ1) is 13.7. The second-order valence-electron chi connectivity index (χ2n) is 6.68. The zero-order valence-electron chi connectivity index (χ0n) is 15.2. The molecule has 2 aromatic heterocycles. The molecule has 1 fully saturated rings. The Morgan fingerprint density at radius 3 is 2.64 bits per heavy atom. The van der Waals surface area contributed by atoms with Crippen LogP contribution in [0.15, 0.2) is 67.0 Å². The van der Waals surface area contributed by atoms with E-state index in [0.717, 1.165) is 17.1 Å². The van der Waals surface area contributed by atoms with Gasteiger partial charge in [0.05, 0.1) is 17.8 Å². The molecule has 7 heteroatoms. The van der Waals surface area contributed by atoms with Crippen LogP contribution in [-0.2, 0) is 0 Å². The SMILES string of the molecule is OCCCN1C(=S)N[C@H](c2ccccn2)[C@@H]1c1cccn1-c1ccc(F)cc1. The van der Waals surface area contributed by atoms with Gasteiger partial charge in [-0.05, 0) is 67.2 Å². The molecule has 0 bridgehead atoms. The van der Waals surface area contributed by atoms with Crippen LogP contribution in [0.5, 0.6) is 0 Å². The van der Waals surface area contributed by atoms with Crippen LogP contribution in [0, 0.1) is 5.82 Å². The molecule has 4 rings (SSSR count). The van der Waals surface area contributed by atoms with E-state index in [4.69, 9.17) is 12.2 Å². The fourth-order valence-corrected chi connectivity index (χ4v) is 4.01. The van der Waals surface area contributed by atoms with Gasteiger partial charge < -0.3 is 19.9 Å². The van der Waals surface area contributed by atoms with Gasteiger partial charge in [-0.1, -0.05) is 6.07 Å². The molecule has 2 atom stereocenters. The number of rotatable bonds is 6. The van der Waals surface area contributed by atoms with Crippen molar-refractivity contribution in [1.29, 1.82) is 0 Å². The molecule has 3 heterocycles. The summed E-state index contributed by atoms with van der Waals surface area (Å²) in [5.74, 6) is -0.267. The number of aliphatic hydroxyl groups is 1. The maximum Gasteiger partial charge on any atom is 0.170 e. The first-order valence-electron chi connectivity index (χ1n) is 9.21.